The van der Waals surface area contributed by atoms with Gasteiger partial charge in [-0.25, -0.2) is 0 Å². The Bertz CT molecular complexity index is 464. The molecule has 1 rings (SSSR count). The normalized spacial score (nSPS) is 35.2. The van der Waals surface area contributed by atoms with Gasteiger partial charge < -0.3 is 5.11 Å². The first-order valence-corrected chi connectivity index (χ1v) is 8.49. The van der Waals surface area contributed by atoms with Crippen LogP contribution in [0.3, 0.4) is 0 Å². The van der Waals surface area contributed by atoms with E-state index in [-0.39, 0.29) is 5.78 Å². The van der Waals surface area contributed by atoms with E-state index in [4.69, 9.17) is 0 Å². The van der Waals surface area contributed by atoms with Crippen LogP contribution in [0.2, 0.25) is 0 Å². The molecule has 0 fully saturated rings. The van der Waals surface area contributed by atoms with Crippen LogP contribution in [0, 0.1) is 11.8 Å². The molecule has 0 aromatic carbocycles. The van der Waals surface area contributed by atoms with E-state index >= 15 is 0 Å². The molecular weight excluding hydrogens is 272 g/mol. The van der Waals surface area contributed by atoms with Crippen LogP contribution in [-0.2, 0) is 4.79 Å². The molecule has 1 aliphatic carbocycles. The molecule has 0 heterocycles. The van der Waals surface area contributed by atoms with Crippen LogP contribution < -0.4 is 0 Å². The highest BCUT2D eigenvalue weighted by Crippen LogP contribution is 2.25. The smallest absolute Gasteiger partial charge is 0.178 e. The number of allylic oxidation sites excluding steroid dienone is 5. The van der Waals surface area contributed by atoms with Gasteiger partial charge in [-0.3, -0.25) is 4.79 Å². The summed E-state index contributed by atoms with van der Waals surface area (Å²) in [6, 6.07) is 0. The fourth-order valence-corrected chi connectivity index (χ4v) is 2.86. The quantitative estimate of drug-likeness (QED) is 0.693. The molecule has 1 unspecified atom stereocenters. The number of carbonyl (C=O) groups excluding carboxylic acids is 1. The van der Waals surface area contributed by atoms with Crippen molar-refractivity contribution in [1.29, 1.82) is 0 Å². The van der Waals surface area contributed by atoms with E-state index in [1.165, 1.54) is 0 Å². The first-order valence-electron chi connectivity index (χ1n) is 8.49. The van der Waals surface area contributed by atoms with Gasteiger partial charge in [0.1, 0.15) is 0 Å². The Labute approximate surface area is 136 Å². The van der Waals surface area contributed by atoms with Gasteiger partial charge in [-0.2, -0.15) is 0 Å². The molecule has 2 atom stereocenters. The summed E-state index contributed by atoms with van der Waals surface area (Å²) in [5, 5.41) is 10.5. The first-order chi connectivity index (χ1) is 10.2. The van der Waals surface area contributed by atoms with Gasteiger partial charge in [0.25, 0.3) is 0 Å². The summed E-state index contributed by atoms with van der Waals surface area (Å²) in [6.07, 6.45) is 12.1. The van der Waals surface area contributed by atoms with Crippen LogP contribution in [0.25, 0.3) is 0 Å². The van der Waals surface area contributed by atoms with Crippen LogP contribution in [0.1, 0.15) is 66.7 Å². The van der Waals surface area contributed by atoms with Gasteiger partial charge in [-0.15, -0.1) is 0 Å². The third kappa shape index (κ3) is 7.22. The standard InChI is InChI=1S/C20H32O2/c1-15(2)18-9-8-17(4)14-19(21)13-16(3)7-6-11-20(5,22)12-10-18/h10,12-15,18,22H,6-9,11H2,1-5H3/b12-10+,16-13-,17-14-/t18?,20-/m1/s1. The molecule has 1 aliphatic rings. The molecule has 0 aromatic heterocycles. The van der Waals surface area contributed by atoms with E-state index in [0.717, 1.165) is 43.3 Å². The predicted octanol–water partition coefficient (Wildman–Crippen LogP) is 4.99. The fourth-order valence-electron chi connectivity index (χ4n) is 2.86. The third-order valence-electron chi connectivity index (χ3n) is 4.46. The zero-order valence-corrected chi connectivity index (χ0v) is 14.9. The Kier molecular flexibility index (Phi) is 7.28. The lowest BCUT2D eigenvalue weighted by Gasteiger charge is -2.22. The summed E-state index contributed by atoms with van der Waals surface area (Å²) < 4.78 is 0. The number of rotatable bonds is 1. The summed E-state index contributed by atoms with van der Waals surface area (Å²) in [5.41, 5.74) is 1.47. The van der Waals surface area contributed by atoms with Gasteiger partial charge >= 0.3 is 0 Å². The molecule has 0 aliphatic heterocycles. The molecule has 22 heavy (non-hydrogen) atoms. The molecule has 124 valence electrons. The predicted molar refractivity (Wildman–Crippen MR) is 93.7 cm³/mol. The van der Waals surface area contributed by atoms with Crippen molar-refractivity contribution in [1.82, 2.24) is 0 Å². The summed E-state index contributed by atoms with van der Waals surface area (Å²) in [6.45, 7) is 10.3. The molecule has 0 saturated carbocycles. The summed E-state index contributed by atoms with van der Waals surface area (Å²) in [7, 11) is 0. The first kappa shape index (κ1) is 18.9. The maximum atomic E-state index is 12.0. The average molecular weight is 304 g/mol. The largest absolute Gasteiger partial charge is 0.386 e. The molecule has 2 heteroatoms. The zero-order chi connectivity index (χ0) is 16.8. The number of aliphatic hydroxyl groups is 1. The van der Waals surface area contributed by atoms with Crippen LogP contribution in [-0.4, -0.2) is 16.5 Å². The highest BCUT2D eigenvalue weighted by molar-refractivity contribution is 6.00. The van der Waals surface area contributed by atoms with Gasteiger partial charge in [0.2, 0.25) is 0 Å². The van der Waals surface area contributed by atoms with Crippen LogP contribution >= 0.6 is 0 Å². The molecule has 0 saturated heterocycles. The lowest BCUT2D eigenvalue weighted by atomic mass is 9.86. The van der Waals surface area contributed by atoms with Gasteiger partial charge in [-0.05, 0) is 76.9 Å². The zero-order valence-electron chi connectivity index (χ0n) is 14.9. The topological polar surface area (TPSA) is 37.3 Å². The van der Waals surface area contributed by atoms with Crippen molar-refractivity contribution in [3.8, 4) is 0 Å². The number of hydrogen-bond acceptors (Lipinski definition) is 2. The van der Waals surface area contributed by atoms with E-state index in [1.54, 1.807) is 12.2 Å². The van der Waals surface area contributed by atoms with Crippen LogP contribution in [0.5, 0.6) is 0 Å². The second-order valence-electron chi connectivity index (χ2n) is 7.40. The van der Waals surface area contributed by atoms with Crippen molar-refractivity contribution in [2.45, 2.75) is 72.3 Å². The van der Waals surface area contributed by atoms with Crippen molar-refractivity contribution in [2.75, 3.05) is 0 Å². The molecule has 0 bridgehead atoms. The van der Waals surface area contributed by atoms with Gasteiger partial charge in [0.05, 0.1) is 5.60 Å². The Balaban J connectivity index is 2.98. The lowest BCUT2D eigenvalue weighted by molar-refractivity contribution is -0.110. The molecule has 0 radical (unpaired) electrons. The Morgan fingerprint density at radius 2 is 1.77 bits per heavy atom. The van der Waals surface area contributed by atoms with Crippen molar-refractivity contribution >= 4 is 5.78 Å². The Morgan fingerprint density at radius 1 is 1.18 bits per heavy atom. The Hall–Kier alpha value is -1.15. The second kappa shape index (κ2) is 8.47. The van der Waals surface area contributed by atoms with Gasteiger partial charge in [0.15, 0.2) is 5.78 Å². The summed E-state index contributed by atoms with van der Waals surface area (Å²) >= 11 is 0. The number of carbonyl (C=O) groups is 1. The highest BCUT2D eigenvalue weighted by atomic mass is 16.3. The molecule has 2 nitrogen and oxygen atoms in total. The monoisotopic (exact) mass is 304 g/mol. The maximum Gasteiger partial charge on any atom is 0.178 e. The van der Waals surface area contributed by atoms with E-state index in [0.29, 0.717) is 11.8 Å². The lowest BCUT2D eigenvalue weighted by Crippen LogP contribution is -2.21. The van der Waals surface area contributed by atoms with Gasteiger partial charge in [-0.1, -0.05) is 37.1 Å². The minimum atomic E-state index is -0.758. The average Bonchev–Trinajstić information content (AvgIpc) is 2.36. The Morgan fingerprint density at radius 3 is 2.36 bits per heavy atom. The number of ketones is 1. The minimum absolute atomic E-state index is 0.0930. The van der Waals surface area contributed by atoms with Gasteiger partial charge in [0, 0.05) is 0 Å². The maximum absolute atomic E-state index is 12.0. The molecule has 0 amide bonds. The molecule has 0 aromatic rings. The third-order valence-corrected chi connectivity index (χ3v) is 4.46. The van der Waals surface area contributed by atoms with Crippen molar-refractivity contribution < 1.29 is 9.90 Å². The molecule has 1 N–H and O–H groups in total. The molecule has 0 spiro atoms. The van der Waals surface area contributed by atoms with Crippen LogP contribution in [0.15, 0.2) is 35.5 Å². The SMILES string of the molecule is C/C1=C/C(=O)/C=C(/C)CCC(C(C)C)/C=C/[C@](C)(O)CCC1. The van der Waals surface area contributed by atoms with Crippen LogP contribution in [0.4, 0.5) is 0 Å². The second-order valence-corrected chi connectivity index (χ2v) is 7.40. The van der Waals surface area contributed by atoms with E-state index in [2.05, 4.69) is 19.9 Å². The molecular formula is C20H32O2. The van der Waals surface area contributed by atoms with Crippen molar-refractivity contribution in [3.63, 3.8) is 0 Å². The fraction of sp³-hybridized carbons (Fsp3) is 0.650. The van der Waals surface area contributed by atoms with Crippen molar-refractivity contribution in [3.05, 3.63) is 35.5 Å². The summed E-state index contributed by atoms with van der Waals surface area (Å²) in [4.78, 5) is 12.0. The van der Waals surface area contributed by atoms with E-state index in [1.807, 2.05) is 26.8 Å². The van der Waals surface area contributed by atoms with E-state index < -0.39 is 5.60 Å². The number of hydrogen-bond donors (Lipinski definition) is 1. The van der Waals surface area contributed by atoms with E-state index in [9.17, 15) is 9.90 Å². The summed E-state index contributed by atoms with van der Waals surface area (Å²) in [5.74, 6) is 1.06. The minimum Gasteiger partial charge on any atom is -0.386 e. The highest BCUT2D eigenvalue weighted by Gasteiger charge is 2.18. The van der Waals surface area contributed by atoms with Crippen molar-refractivity contribution in [2.24, 2.45) is 11.8 Å².